The van der Waals surface area contributed by atoms with Gasteiger partial charge >= 0.3 is 0 Å². The van der Waals surface area contributed by atoms with Gasteiger partial charge in [0.05, 0.1) is 6.61 Å². The van der Waals surface area contributed by atoms with Crippen molar-refractivity contribution in [1.29, 1.82) is 0 Å². The summed E-state index contributed by atoms with van der Waals surface area (Å²) in [4.78, 5) is 0. The van der Waals surface area contributed by atoms with E-state index < -0.39 is 13.9 Å². The van der Waals surface area contributed by atoms with Crippen molar-refractivity contribution in [2.45, 2.75) is 78.1 Å². The van der Waals surface area contributed by atoms with E-state index >= 15 is 0 Å². The number of ether oxygens (including phenoxy) is 1. The van der Waals surface area contributed by atoms with Crippen LogP contribution in [0.25, 0.3) is 0 Å². The summed E-state index contributed by atoms with van der Waals surface area (Å²) in [5.41, 5.74) is 3.06. The molecule has 4 heteroatoms. The molecule has 1 aliphatic heterocycles. The Morgan fingerprint density at radius 2 is 1.91 bits per heavy atom. The molecule has 0 aliphatic carbocycles. The molecule has 1 aromatic carbocycles. The number of hydrogen-bond acceptors (Lipinski definition) is 3. The normalized spacial score (nSPS) is 21.6. The van der Waals surface area contributed by atoms with Crippen LogP contribution in [0, 0.1) is 13.8 Å². The van der Waals surface area contributed by atoms with Crippen LogP contribution in [0.3, 0.4) is 0 Å². The molecule has 1 N–H and O–H groups in total. The molecule has 0 aromatic heterocycles. The zero-order valence-electron chi connectivity index (χ0n) is 16.0. The Hall–Kier alpha value is -1.00. The summed E-state index contributed by atoms with van der Waals surface area (Å²) in [7, 11) is -1.86. The van der Waals surface area contributed by atoms with Crippen molar-refractivity contribution in [2.24, 2.45) is 0 Å². The average Bonchev–Trinajstić information content (AvgIpc) is 2.43. The van der Waals surface area contributed by atoms with Gasteiger partial charge in [-0.3, -0.25) is 0 Å². The fraction of sp³-hybridized carbons (Fsp3) is 0.684. The Bertz CT molecular complexity index is 602. The molecule has 0 fully saturated rings. The molecule has 1 aliphatic rings. The van der Waals surface area contributed by atoms with E-state index in [2.05, 4.69) is 53.8 Å². The molecule has 1 atom stereocenters. The van der Waals surface area contributed by atoms with Crippen molar-refractivity contribution >= 4 is 8.32 Å². The summed E-state index contributed by atoms with van der Waals surface area (Å²) < 4.78 is 12.7. The highest BCUT2D eigenvalue weighted by Crippen LogP contribution is 2.44. The molecule has 3 nitrogen and oxygen atoms in total. The predicted molar refractivity (Wildman–Crippen MR) is 98.2 cm³/mol. The quantitative estimate of drug-likeness (QED) is 0.809. The summed E-state index contributed by atoms with van der Waals surface area (Å²) in [6, 6.07) is 2.11. The highest BCUT2D eigenvalue weighted by atomic mass is 28.4. The maximum absolute atomic E-state index is 9.59. The largest absolute Gasteiger partial charge is 0.543 e. The van der Waals surface area contributed by atoms with E-state index in [1.807, 2.05) is 6.92 Å². The number of rotatable bonds is 3. The Morgan fingerprint density at radius 1 is 1.30 bits per heavy atom. The van der Waals surface area contributed by atoms with Crippen molar-refractivity contribution in [2.75, 3.05) is 6.61 Å². The molecule has 1 aromatic rings. The van der Waals surface area contributed by atoms with Crippen molar-refractivity contribution < 1.29 is 14.3 Å². The zero-order chi connectivity index (χ0) is 17.6. The fourth-order valence-corrected chi connectivity index (χ4v) is 3.77. The van der Waals surface area contributed by atoms with Crippen LogP contribution >= 0.6 is 0 Å². The molecule has 0 saturated heterocycles. The van der Waals surface area contributed by atoms with Crippen LogP contribution in [-0.4, -0.2) is 25.6 Å². The van der Waals surface area contributed by atoms with E-state index in [0.717, 1.165) is 29.9 Å². The summed E-state index contributed by atoms with van der Waals surface area (Å²) >= 11 is 0. The maximum atomic E-state index is 9.59. The van der Waals surface area contributed by atoms with Crippen LogP contribution in [0.15, 0.2) is 6.07 Å². The lowest BCUT2D eigenvalue weighted by Gasteiger charge is -2.39. The first-order chi connectivity index (χ1) is 10.4. The van der Waals surface area contributed by atoms with Crippen LogP contribution < -0.4 is 9.16 Å². The number of hydrogen-bond donors (Lipinski definition) is 1. The van der Waals surface area contributed by atoms with E-state index in [4.69, 9.17) is 9.16 Å². The fourth-order valence-electron chi connectivity index (χ4n) is 2.70. The Balaban J connectivity index is 2.42. The minimum absolute atomic E-state index is 0.0488. The smallest absolute Gasteiger partial charge is 0.250 e. The third-order valence-electron chi connectivity index (χ3n) is 5.56. The van der Waals surface area contributed by atoms with Gasteiger partial charge in [0.1, 0.15) is 17.1 Å². The van der Waals surface area contributed by atoms with Gasteiger partial charge in [0.15, 0.2) is 0 Å². The highest BCUT2D eigenvalue weighted by Gasteiger charge is 2.40. The average molecular weight is 337 g/mol. The van der Waals surface area contributed by atoms with Crippen molar-refractivity contribution in [1.82, 2.24) is 0 Å². The lowest BCUT2D eigenvalue weighted by Crippen LogP contribution is -2.44. The Morgan fingerprint density at radius 3 is 2.43 bits per heavy atom. The van der Waals surface area contributed by atoms with Gasteiger partial charge in [-0.2, -0.15) is 0 Å². The standard InChI is InChI=1S/C19H32O3Si/c1-13-11-16(22-23(7,8)18(3,4)5)14(2)15-9-10-19(6,12-20)21-17(13)15/h11,20H,9-10,12H2,1-8H3. The second-order valence-corrected chi connectivity index (χ2v) is 13.4. The predicted octanol–water partition coefficient (Wildman–Crippen LogP) is 4.76. The number of benzene rings is 1. The summed E-state index contributed by atoms with van der Waals surface area (Å²) in [6.45, 7) is 17.6. The van der Waals surface area contributed by atoms with Gasteiger partial charge in [-0.1, -0.05) is 20.8 Å². The van der Waals surface area contributed by atoms with Crippen LogP contribution in [-0.2, 0) is 6.42 Å². The van der Waals surface area contributed by atoms with E-state index in [0.29, 0.717) is 0 Å². The molecule has 23 heavy (non-hydrogen) atoms. The molecule has 130 valence electrons. The van der Waals surface area contributed by atoms with Crippen molar-refractivity contribution in [3.63, 3.8) is 0 Å². The number of fused-ring (bicyclic) bond motifs is 1. The molecule has 0 amide bonds. The van der Waals surface area contributed by atoms with Crippen molar-refractivity contribution in [3.8, 4) is 11.5 Å². The van der Waals surface area contributed by atoms with Gasteiger partial charge in [-0.15, -0.1) is 0 Å². The minimum atomic E-state index is -1.86. The van der Waals surface area contributed by atoms with Gasteiger partial charge in [-0.25, -0.2) is 0 Å². The first-order valence-electron chi connectivity index (χ1n) is 8.52. The highest BCUT2D eigenvalue weighted by molar-refractivity contribution is 6.74. The van der Waals surface area contributed by atoms with Gasteiger partial charge < -0.3 is 14.3 Å². The molecule has 0 bridgehead atoms. The second kappa shape index (κ2) is 5.82. The lowest BCUT2D eigenvalue weighted by atomic mass is 9.89. The van der Waals surface area contributed by atoms with Crippen LogP contribution in [0.4, 0.5) is 0 Å². The topological polar surface area (TPSA) is 38.7 Å². The van der Waals surface area contributed by atoms with Gasteiger partial charge in [-0.05, 0) is 68.9 Å². The number of aliphatic hydroxyl groups excluding tert-OH is 1. The van der Waals surface area contributed by atoms with Crippen molar-refractivity contribution in [3.05, 3.63) is 22.8 Å². The Kier molecular flexibility index (Phi) is 4.64. The monoisotopic (exact) mass is 336 g/mol. The van der Waals surface area contributed by atoms with E-state index in [1.54, 1.807) is 0 Å². The molecule has 0 radical (unpaired) electrons. The van der Waals surface area contributed by atoms with Gasteiger partial charge in [0, 0.05) is 5.56 Å². The third-order valence-corrected chi connectivity index (χ3v) is 9.90. The summed E-state index contributed by atoms with van der Waals surface area (Å²) in [6.07, 6.45) is 1.76. The molecule has 1 heterocycles. The number of aliphatic hydroxyl groups is 1. The maximum Gasteiger partial charge on any atom is 0.250 e. The van der Waals surface area contributed by atoms with E-state index in [9.17, 15) is 5.11 Å². The molecule has 1 unspecified atom stereocenters. The third kappa shape index (κ3) is 3.43. The molecule has 0 spiro atoms. The van der Waals surface area contributed by atoms with Crippen LogP contribution in [0.5, 0.6) is 11.5 Å². The minimum Gasteiger partial charge on any atom is -0.543 e. The molecule has 0 saturated carbocycles. The van der Waals surface area contributed by atoms with E-state index in [-0.39, 0.29) is 11.6 Å². The first kappa shape index (κ1) is 18.3. The lowest BCUT2D eigenvalue weighted by molar-refractivity contribution is 0.00729. The SMILES string of the molecule is Cc1cc(O[Si](C)(C)C(C)(C)C)c(C)c2c1OC(C)(CO)CC2. The second-order valence-electron chi connectivity index (χ2n) is 8.70. The summed E-state index contributed by atoms with van der Waals surface area (Å²) in [5, 5.41) is 9.76. The van der Waals surface area contributed by atoms with Crippen LogP contribution in [0.1, 0.15) is 50.8 Å². The molecule has 2 rings (SSSR count). The zero-order valence-corrected chi connectivity index (χ0v) is 17.0. The summed E-state index contributed by atoms with van der Waals surface area (Å²) in [5.74, 6) is 1.94. The first-order valence-corrected chi connectivity index (χ1v) is 11.4. The van der Waals surface area contributed by atoms with Gasteiger partial charge in [0.2, 0.25) is 8.32 Å². The molecular weight excluding hydrogens is 304 g/mol. The van der Waals surface area contributed by atoms with Gasteiger partial charge in [0.25, 0.3) is 0 Å². The molecular formula is C19H32O3Si. The van der Waals surface area contributed by atoms with E-state index in [1.165, 1.54) is 11.1 Å². The number of aryl methyl sites for hydroxylation is 1. The Labute approximate surface area is 142 Å². The van der Waals surface area contributed by atoms with Crippen LogP contribution in [0.2, 0.25) is 18.1 Å².